The Morgan fingerprint density at radius 2 is 2.04 bits per heavy atom. The number of halogens is 1. The molecular weight excluding hydrogens is 378 g/mol. The van der Waals surface area contributed by atoms with E-state index in [2.05, 4.69) is 15.0 Å². The highest BCUT2D eigenvalue weighted by Crippen LogP contribution is 2.31. The lowest BCUT2D eigenvalue weighted by molar-refractivity contribution is -0.121. The van der Waals surface area contributed by atoms with E-state index in [-0.39, 0.29) is 18.7 Å². The molecular formula is C17H14ClN3O4S. The summed E-state index contributed by atoms with van der Waals surface area (Å²) in [4.78, 5) is 40.8. The second-order valence-corrected chi connectivity index (χ2v) is 6.58. The average molecular weight is 392 g/mol. The van der Waals surface area contributed by atoms with Crippen molar-refractivity contribution in [2.24, 2.45) is 0 Å². The number of rotatable bonds is 4. The van der Waals surface area contributed by atoms with Crippen LogP contribution in [-0.2, 0) is 16.1 Å². The number of fused-ring (bicyclic) bond motifs is 1. The number of benzene rings is 1. The van der Waals surface area contributed by atoms with Crippen LogP contribution in [0.2, 0.25) is 5.02 Å². The molecule has 0 saturated heterocycles. The van der Waals surface area contributed by atoms with E-state index >= 15 is 0 Å². The van der Waals surface area contributed by atoms with Gasteiger partial charge in [0.1, 0.15) is 11.4 Å². The number of ether oxygens (including phenoxy) is 1. The van der Waals surface area contributed by atoms with E-state index < -0.39 is 12.0 Å². The standard InChI is InChI=1S/C17H14ClN3O4S/c1-2-25-17(24)20-13(22)7-21-9-19-15-14(16(21)23)12(8-26-15)10-3-5-11(18)6-4-10/h3-6,8-9H,2,7H2,1H3,(H,20,22,24). The number of hydrogen-bond donors (Lipinski definition) is 1. The molecule has 0 radical (unpaired) electrons. The number of carbonyl (C=O) groups excluding carboxylic acids is 2. The normalized spacial score (nSPS) is 10.7. The first-order chi connectivity index (χ1) is 12.5. The number of nitrogens with zero attached hydrogens (tertiary/aromatic N) is 2. The van der Waals surface area contributed by atoms with E-state index in [0.29, 0.717) is 15.2 Å². The number of imide groups is 1. The van der Waals surface area contributed by atoms with Crippen molar-refractivity contribution in [3.8, 4) is 11.1 Å². The molecule has 0 unspecified atom stereocenters. The maximum absolute atomic E-state index is 12.8. The highest BCUT2D eigenvalue weighted by Gasteiger charge is 2.16. The molecule has 3 rings (SSSR count). The number of alkyl carbamates (subject to hydrolysis) is 1. The smallest absolute Gasteiger partial charge is 0.413 e. The molecule has 0 fully saturated rings. The van der Waals surface area contributed by atoms with Gasteiger partial charge in [-0.2, -0.15) is 0 Å². The van der Waals surface area contributed by atoms with Gasteiger partial charge in [-0.05, 0) is 24.6 Å². The van der Waals surface area contributed by atoms with Gasteiger partial charge in [0, 0.05) is 16.0 Å². The van der Waals surface area contributed by atoms with Gasteiger partial charge in [0.15, 0.2) is 0 Å². The summed E-state index contributed by atoms with van der Waals surface area (Å²) in [5.74, 6) is -0.657. The van der Waals surface area contributed by atoms with E-state index in [1.54, 1.807) is 19.1 Å². The van der Waals surface area contributed by atoms with Gasteiger partial charge < -0.3 is 4.74 Å². The Bertz CT molecular complexity index is 1030. The molecule has 2 heterocycles. The minimum Gasteiger partial charge on any atom is -0.450 e. The second-order valence-electron chi connectivity index (χ2n) is 5.28. The number of amides is 2. The van der Waals surface area contributed by atoms with Gasteiger partial charge in [0.05, 0.1) is 18.3 Å². The Balaban J connectivity index is 1.94. The fourth-order valence-electron chi connectivity index (χ4n) is 2.40. The molecule has 1 N–H and O–H groups in total. The van der Waals surface area contributed by atoms with Gasteiger partial charge >= 0.3 is 6.09 Å². The molecule has 1 aromatic carbocycles. The van der Waals surface area contributed by atoms with Crippen molar-refractivity contribution in [2.45, 2.75) is 13.5 Å². The highest BCUT2D eigenvalue weighted by atomic mass is 35.5. The fourth-order valence-corrected chi connectivity index (χ4v) is 3.43. The van der Waals surface area contributed by atoms with Crippen molar-refractivity contribution in [1.29, 1.82) is 0 Å². The molecule has 134 valence electrons. The SMILES string of the molecule is CCOC(=O)NC(=O)Cn1cnc2scc(-c3ccc(Cl)cc3)c2c1=O. The zero-order valence-corrected chi connectivity index (χ0v) is 15.3. The van der Waals surface area contributed by atoms with Crippen molar-refractivity contribution >= 4 is 45.2 Å². The molecule has 7 nitrogen and oxygen atoms in total. The molecule has 0 atom stereocenters. The average Bonchev–Trinajstić information content (AvgIpc) is 3.03. The predicted molar refractivity (Wildman–Crippen MR) is 99.5 cm³/mol. The lowest BCUT2D eigenvalue weighted by Crippen LogP contribution is -2.36. The van der Waals surface area contributed by atoms with E-state index in [1.807, 2.05) is 17.5 Å². The van der Waals surface area contributed by atoms with Crippen LogP contribution in [-0.4, -0.2) is 28.2 Å². The number of carbonyl (C=O) groups is 2. The largest absolute Gasteiger partial charge is 0.450 e. The van der Waals surface area contributed by atoms with Crippen molar-refractivity contribution in [2.75, 3.05) is 6.61 Å². The van der Waals surface area contributed by atoms with Gasteiger partial charge in [0.2, 0.25) is 5.91 Å². The summed E-state index contributed by atoms with van der Waals surface area (Å²) in [6, 6.07) is 7.10. The molecule has 0 aliphatic carbocycles. The van der Waals surface area contributed by atoms with Gasteiger partial charge in [-0.15, -0.1) is 11.3 Å². The van der Waals surface area contributed by atoms with Crippen molar-refractivity contribution in [1.82, 2.24) is 14.9 Å². The Labute approximate surface area is 157 Å². The van der Waals surface area contributed by atoms with Crippen molar-refractivity contribution in [3.05, 3.63) is 51.3 Å². The third-order valence-corrected chi connectivity index (χ3v) is 4.69. The van der Waals surface area contributed by atoms with E-state index in [9.17, 15) is 14.4 Å². The minimum absolute atomic E-state index is 0.145. The van der Waals surface area contributed by atoms with Crippen LogP contribution in [0.4, 0.5) is 4.79 Å². The zero-order valence-electron chi connectivity index (χ0n) is 13.7. The van der Waals surface area contributed by atoms with Crippen LogP contribution < -0.4 is 10.9 Å². The monoisotopic (exact) mass is 391 g/mol. The van der Waals surface area contributed by atoms with Gasteiger partial charge in [-0.25, -0.2) is 9.78 Å². The molecule has 0 aliphatic rings. The summed E-state index contributed by atoms with van der Waals surface area (Å²) in [5, 5.41) is 4.91. The third-order valence-electron chi connectivity index (χ3n) is 3.55. The molecule has 0 bridgehead atoms. The highest BCUT2D eigenvalue weighted by molar-refractivity contribution is 7.17. The Hall–Kier alpha value is -2.71. The summed E-state index contributed by atoms with van der Waals surface area (Å²) in [5.41, 5.74) is 1.19. The molecule has 0 spiro atoms. The molecule has 26 heavy (non-hydrogen) atoms. The number of aromatic nitrogens is 2. The van der Waals surface area contributed by atoms with Crippen LogP contribution in [0.5, 0.6) is 0 Å². The third kappa shape index (κ3) is 3.76. The molecule has 2 amide bonds. The van der Waals surface area contributed by atoms with Crippen LogP contribution in [0.1, 0.15) is 6.92 Å². The van der Waals surface area contributed by atoms with E-state index in [0.717, 1.165) is 15.7 Å². The fraction of sp³-hybridized carbons (Fsp3) is 0.176. The van der Waals surface area contributed by atoms with Crippen molar-refractivity contribution < 1.29 is 14.3 Å². The summed E-state index contributed by atoms with van der Waals surface area (Å²) in [6.07, 6.45) is 0.439. The Morgan fingerprint density at radius 1 is 1.31 bits per heavy atom. The lowest BCUT2D eigenvalue weighted by Gasteiger charge is -2.07. The zero-order chi connectivity index (χ0) is 18.7. The minimum atomic E-state index is -0.850. The van der Waals surface area contributed by atoms with Crippen LogP contribution in [0.25, 0.3) is 21.3 Å². The Kier molecular flexibility index (Phi) is 5.34. The topological polar surface area (TPSA) is 90.3 Å². The lowest BCUT2D eigenvalue weighted by atomic mass is 10.1. The first-order valence-electron chi connectivity index (χ1n) is 7.68. The molecule has 2 aromatic heterocycles. The second kappa shape index (κ2) is 7.67. The maximum Gasteiger partial charge on any atom is 0.413 e. The number of nitrogens with one attached hydrogen (secondary N) is 1. The maximum atomic E-state index is 12.8. The quantitative estimate of drug-likeness (QED) is 0.738. The van der Waals surface area contributed by atoms with E-state index in [4.69, 9.17) is 11.6 Å². The van der Waals surface area contributed by atoms with Crippen LogP contribution in [0, 0.1) is 0 Å². The van der Waals surface area contributed by atoms with Gasteiger partial charge in [0.25, 0.3) is 5.56 Å². The van der Waals surface area contributed by atoms with Gasteiger partial charge in [-0.1, -0.05) is 23.7 Å². The van der Waals surface area contributed by atoms with Crippen LogP contribution in [0.15, 0.2) is 40.8 Å². The van der Waals surface area contributed by atoms with E-state index in [1.165, 1.54) is 17.7 Å². The first-order valence-corrected chi connectivity index (χ1v) is 8.94. The predicted octanol–water partition coefficient (Wildman–Crippen LogP) is 3.05. The summed E-state index contributed by atoms with van der Waals surface area (Å²) in [6.45, 7) is 1.43. The molecule has 0 saturated carbocycles. The molecule has 9 heteroatoms. The number of hydrogen-bond acceptors (Lipinski definition) is 6. The molecule has 3 aromatic rings. The summed E-state index contributed by atoms with van der Waals surface area (Å²) in [7, 11) is 0. The first kappa shape index (κ1) is 18.1. The summed E-state index contributed by atoms with van der Waals surface area (Å²) < 4.78 is 5.80. The van der Waals surface area contributed by atoms with Crippen LogP contribution >= 0.6 is 22.9 Å². The number of thiophene rings is 1. The van der Waals surface area contributed by atoms with Crippen LogP contribution in [0.3, 0.4) is 0 Å². The Morgan fingerprint density at radius 3 is 2.73 bits per heavy atom. The van der Waals surface area contributed by atoms with Crippen molar-refractivity contribution in [3.63, 3.8) is 0 Å². The summed E-state index contributed by atoms with van der Waals surface area (Å²) >= 11 is 7.25. The molecule has 0 aliphatic heterocycles. The van der Waals surface area contributed by atoms with Gasteiger partial charge in [-0.3, -0.25) is 19.5 Å².